The number of amides is 1. The van der Waals surface area contributed by atoms with E-state index in [1.165, 1.54) is 7.11 Å². The molecule has 198 valence electrons. The van der Waals surface area contributed by atoms with Crippen molar-refractivity contribution in [2.24, 2.45) is 5.41 Å². The molecule has 1 aromatic carbocycles. The van der Waals surface area contributed by atoms with E-state index in [-0.39, 0.29) is 30.1 Å². The topological polar surface area (TPSA) is 117 Å². The third-order valence-electron chi connectivity index (χ3n) is 7.03. The van der Waals surface area contributed by atoms with Crippen LogP contribution in [0.4, 0.5) is 4.79 Å². The highest BCUT2D eigenvalue weighted by atomic mass is 16.7. The van der Waals surface area contributed by atoms with E-state index in [9.17, 15) is 19.5 Å². The van der Waals surface area contributed by atoms with Gasteiger partial charge in [-0.05, 0) is 81.7 Å². The Balaban J connectivity index is 1.91. The van der Waals surface area contributed by atoms with E-state index in [0.717, 1.165) is 22.3 Å². The summed E-state index contributed by atoms with van der Waals surface area (Å²) in [7, 11) is 1.23. The van der Waals surface area contributed by atoms with E-state index < -0.39 is 23.1 Å². The van der Waals surface area contributed by atoms with E-state index in [1.54, 1.807) is 25.7 Å². The summed E-state index contributed by atoms with van der Waals surface area (Å²) in [5.41, 5.74) is 1.99. The normalized spacial score (nSPS) is 17.3. The zero-order chi connectivity index (χ0) is 27.5. The number of ether oxygens (including phenoxy) is 2. The molecule has 1 aliphatic carbocycles. The average Bonchev–Trinajstić information content (AvgIpc) is 2.79. The Bertz CT molecular complexity index is 1190. The van der Waals surface area contributed by atoms with E-state index in [4.69, 9.17) is 14.9 Å². The van der Waals surface area contributed by atoms with Crippen molar-refractivity contribution in [3.05, 3.63) is 40.1 Å². The van der Waals surface area contributed by atoms with Gasteiger partial charge in [0.05, 0.1) is 24.0 Å². The summed E-state index contributed by atoms with van der Waals surface area (Å²) in [6.07, 6.45) is 0.788. The number of aliphatic hydroxyl groups is 1. The number of carbonyl (C=O) groups excluding carboxylic acids is 3. The molecule has 2 N–H and O–H groups in total. The molecule has 1 amide bonds. The fourth-order valence-electron chi connectivity index (χ4n) is 5.40. The number of hydrogen-bond donors (Lipinski definition) is 2. The maximum absolute atomic E-state index is 13.7. The number of likely N-dealkylation sites (tertiary alicyclic amines) is 1. The standard InChI is InChI=1S/C29H36N2O6/c1-7-8-20-13-18(2)24(19(3)14-20)25-22(32)16-29(17-23(25)37-27(34)36-6)9-11-31(12-10-29)26(33)21(30)15-28(4,5)35/h13-14,30,35H,9-12,15-17H2,1-6H3. The number of benzene rings is 1. The summed E-state index contributed by atoms with van der Waals surface area (Å²) < 4.78 is 10.3. The first-order chi connectivity index (χ1) is 17.3. The van der Waals surface area contributed by atoms with Crippen LogP contribution in [0.15, 0.2) is 17.9 Å². The zero-order valence-corrected chi connectivity index (χ0v) is 22.5. The van der Waals surface area contributed by atoms with Crippen LogP contribution in [0.1, 0.15) is 75.1 Å². The summed E-state index contributed by atoms with van der Waals surface area (Å²) in [6.45, 7) is 9.48. The Morgan fingerprint density at radius 3 is 2.27 bits per heavy atom. The zero-order valence-electron chi connectivity index (χ0n) is 22.5. The fourth-order valence-corrected chi connectivity index (χ4v) is 5.40. The maximum atomic E-state index is 13.7. The Morgan fingerprint density at radius 2 is 1.76 bits per heavy atom. The van der Waals surface area contributed by atoms with E-state index >= 15 is 0 Å². The van der Waals surface area contributed by atoms with Gasteiger partial charge in [-0.3, -0.25) is 15.0 Å². The van der Waals surface area contributed by atoms with Crippen molar-refractivity contribution in [3.63, 3.8) is 0 Å². The van der Waals surface area contributed by atoms with Gasteiger partial charge in [0, 0.05) is 37.9 Å². The highest BCUT2D eigenvalue weighted by molar-refractivity contribution is 6.37. The van der Waals surface area contributed by atoms with Crippen molar-refractivity contribution in [3.8, 4) is 11.8 Å². The van der Waals surface area contributed by atoms with Crippen LogP contribution in [0.25, 0.3) is 5.57 Å². The van der Waals surface area contributed by atoms with Gasteiger partial charge in [-0.15, -0.1) is 5.92 Å². The van der Waals surface area contributed by atoms with Gasteiger partial charge in [-0.25, -0.2) is 4.79 Å². The molecule has 0 saturated carbocycles. The number of carbonyl (C=O) groups is 3. The average molecular weight is 509 g/mol. The summed E-state index contributed by atoms with van der Waals surface area (Å²) >= 11 is 0. The van der Waals surface area contributed by atoms with Crippen molar-refractivity contribution >= 4 is 29.1 Å². The lowest BCUT2D eigenvalue weighted by Gasteiger charge is -2.44. The molecule has 8 nitrogen and oxygen atoms in total. The van der Waals surface area contributed by atoms with Gasteiger partial charge in [0.1, 0.15) is 5.76 Å². The molecule has 0 unspecified atom stereocenters. The van der Waals surface area contributed by atoms with Gasteiger partial charge in [0.25, 0.3) is 5.91 Å². The van der Waals surface area contributed by atoms with Crippen LogP contribution in [0.5, 0.6) is 0 Å². The number of Topliss-reactive ketones (excluding diaryl/α,β-unsaturated/α-hetero) is 1. The second-order valence-electron chi connectivity index (χ2n) is 10.8. The number of nitrogens with one attached hydrogen (secondary N) is 1. The Hall–Kier alpha value is -3.44. The van der Waals surface area contributed by atoms with Gasteiger partial charge in [-0.1, -0.05) is 5.92 Å². The summed E-state index contributed by atoms with van der Waals surface area (Å²) in [5.74, 6) is 5.71. The van der Waals surface area contributed by atoms with Crippen LogP contribution in [0, 0.1) is 36.5 Å². The Morgan fingerprint density at radius 1 is 1.16 bits per heavy atom. The highest BCUT2D eigenvalue weighted by Gasteiger charge is 2.45. The number of rotatable bonds is 5. The van der Waals surface area contributed by atoms with Gasteiger partial charge in [0.15, 0.2) is 5.78 Å². The number of ketones is 1. The molecule has 1 saturated heterocycles. The number of nitrogens with zero attached hydrogens (tertiary/aromatic N) is 1. The van der Waals surface area contributed by atoms with Crippen molar-refractivity contribution < 1.29 is 29.0 Å². The second-order valence-corrected chi connectivity index (χ2v) is 10.8. The minimum atomic E-state index is -1.14. The third-order valence-corrected chi connectivity index (χ3v) is 7.03. The highest BCUT2D eigenvalue weighted by Crippen LogP contribution is 2.48. The van der Waals surface area contributed by atoms with Gasteiger partial charge >= 0.3 is 6.16 Å². The fraction of sp³-hybridized carbons (Fsp3) is 0.517. The number of aryl methyl sites for hydroxylation is 2. The van der Waals surface area contributed by atoms with Crippen LogP contribution in [-0.2, 0) is 19.1 Å². The Labute approximate surface area is 218 Å². The third kappa shape index (κ3) is 6.47. The van der Waals surface area contributed by atoms with E-state index in [2.05, 4.69) is 11.8 Å². The summed E-state index contributed by atoms with van der Waals surface area (Å²) in [6, 6.07) is 3.85. The molecule has 2 aliphatic rings. The molecule has 1 aliphatic heterocycles. The molecular weight excluding hydrogens is 472 g/mol. The van der Waals surface area contributed by atoms with Crippen LogP contribution < -0.4 is 0 Å². The first-order valence-corrected chi connectivity index (χ1v) is 12.4. The van der Waals surface area contributed by atoms with Crippen molar-refractivity contribution in [2.45, 2.75) is 72.3 Å². The van der Waals surface area contributed by atoms with E-state index in [1.807, 2.05) is 26.0 Å². The Kier molecular flexibility index (Phi) is 8.28. The molecule has 8 heteroatoms. The predicted molar refractivity (Wildman–Crippen MR) is 140 cm³/mol. The molecule has 0 atom stereocenters. The maximum Gasteiger partial charge on any atom is 0.513 e. The SMILES string of the molecule is CC#Cc1cc(C)c(C2=C(OC(=O)OC)CC3(CCN(C(=O)C(=N)CC(C)(C)O)CC3)CC2=O)c(C)c1. The molecule has 1 fully saturated rings. The lowest BCUT2D eigenvalue weighted by Crippen LogP contribution is -2.48. The molecule has 1 spiro atoms. The first kappa shape index (κ1) is 28.1. The lowest BCUT2D eigenvalue weighted by molar-refractivity contribution is -0.127. The van der Waals surface area contributed by atoms with E-state index in [0.29, 0.717) is 37.9 Å². The van der Waals surface area contributed by atoms with Gasteiger partial charge < -0.3 is 19.5 Å². The molecule has 37 heavy (non-hydrogen) atoms. The second kappa shape index (κ2) is 10.9. The van der Waals surface area contributed by atoms with Crippen LogP contribution in [-0.4, -0.2) is 59.4 Å². The molecule has 3 rings (SSSR count). The van der Waals surface area contributed by atoms with Gasteiger partial charge in [0.2, 0.25) is 0 Å². The number of piperidine rings is 1. The molecule has 1 aromatic rings. The summed E-state index contributed by atoms with van der Waals surface area (Å²) in [4.78, 5) is 40.2. The minimum absolute atomic E-state index is 0.0312. The summed E-state index contributed by atoms with van der Waals surface area (Å²) in [5, 5.41) is 18.1. The molecular formula is C29H36N2O6. The predicted octanol–water partition coefficient (Wildman–Crippen LogP) is 4.32. The smallest absolute Gasteiger partial charge is 0.437 e. The number of allylic oxidation sites excluding steroid dienone is 2. The van der Waals surface area contributed by atoms with Gasteiger partial charge in [-0.2, -0.15) is 0 Å². The van der Waals surface area contributed by atoms with Crippen molar-refractivity contribution in [2.75, 3.05) is 20.2 Å². The van der Waals surface area contributed by atoms with Crippen LogP contribution >= 0.6 is 0 Å². The number of methoxy groups -OCH3 is 1. The number of hydrogen-bond acceptors (Lipinski definition) is 7. The monoisotopic (exact) mass is 508 g/mol. The van der Waals surface area contributed by atoms with Crippen LogP contribution in [0.2, 0.25) is 0 Å². The lowest BCUT2D eigenvalue weighted by atomic mass is 9.66. The largest absolute Gasteiger partial charge is 0.513 e. The van der Waals surface area contributed by atoms with Crippen LogP contribution in [0.3, 0.4) is 0 Å². The van der Waals surface area contributed by atoms with Crippen molar-refractivity contribution in [1.82, 2.24) is 4.90 Å². The first-order valence-electron chi connectivity index (χ1n) is 12.4. The van der Waals surface area contributed by atoms with Crippen molar-refractivity contribution in [1.29, 1.82) is 5.41 Å². The minimum Gasteiger partial charge on any atom is -0.437 e. The molecule has 1 heterocycles. The molecule has 0 aromatic heterocycles. The molecule has 0 bridgehead atoms. The molecule has 0 radical (unpaired) electrons. The quantitative estimate of drug-likeness (QED) is 0.348.